The van der Waals surface area contributed by atoms with Gasteiger partial charge in [-0.1, -0.05) is 17.7 Å². The van der Waals surface area contributed by atoms with Crippen molar-refractivity contribution in [1.82, 2.24) is 0 Å². The van der Waals surface area contributed by atoms with Gasteiger partial charge in [0.25, 0.3) is 0 Å². The van der Waals surface area contributed by atoms with E-state index in [1.165, 1.54) is 0 Å². The Balaban J connectivity index is 2.40. The maximum absolute atomic E-state index is 12.1. The summed E-state index contributed by atoms with van der Waals surface area (Å²) in [5.74, 6) is 0.706. The molecule has 3 atom stereocenters. The van der Waals surface area contributed by atoms with Crippen LogP contribution in [0.15, 0.2) is 23.3 Å². The van der Waals surface area contributed by atoms with E-state index in [0.29, 0.717) is 12.3 Å². The van der Waals surface area contributed by atoms with Crippen molar-refractivity contribution in [2.75, 3.05) is 0 Å². The fourth-order valence-corrected chi connectivity index (χ4v) is 3.38. The van der Waals surface area contributed by atoms with Gasteiger partial charge in [0.05, 0.1) is 5.60 Å². The normalized spacial score (nSPS) is 38.0. The molecule has 2 aliphatic carbocycles. The number of carbonyl (C=O) groups is 1. The molecule has 0 bridgehead atoms. The Morgan fingerprint density at radius 3 is 2.71 bits per heavy atom. The lowest BCUT2D eigenvalue weighted by Gasteiger charge is -2.29. The van der Waals surface area contributed by atoms with E-state index in [9.17, 15) is 9.90 Å². The summed E-state index contributed by atoms with van der Waals surface area (Å²) in [7, 11) is 0. The van der Waals surface area contributed by atoms with E-state index in [2.05, 4.69) is 6.58 Å². The summed E-state index contributed by atoms with van der Waals surface area (Å²) in [6.07, 6.45) is 2.99. The smallest absolute Gasteiger partial charge is 0.162 e. The number of ketones is 1. The molecule has 0 heterocycles. The van der Waals surface area contributed by atoms with Crippen LogP contribution >= 0.6 is 0 Å². The molecule has 2 nitrogen and oxygen atoms in total. The molecule has 0 aromatic rings. The van der Waals surface area contributed by atoms with Crippen molar-refractivity contribution in [2.24, 2.45) is 11.8 Å². The molecule has 0 aromatic heterocycles. The van der Waals surface area contributed by atoms with Crippen LogP contribution in [0.5, 0.6) is 0 Å². The zero-order valence-electron chi connectivity index (χ0n) is 11.0. The average molecular weight is 234 g/mol. The number of hydrogen-bond donors (Lipinski definition) is 1. The van der Waals surface area contributed by atoms with Gasteiger partial charge in [-0.3, -0.25) is 4.79 Å². The molecule has 2 aliphatic rings. The fourth-order valence-electron chi connectivity index (χ4n) is 3.38. The van der Waals surface area contributed by atoms with E-state index in [0.717, 1.165) is 36.0 Å². The number of aliphatic hydroxyl groups is 1. The third-order valence-electron chi connectivity index (χ3n) is 4.52. The number of Topliss-reactive ketones (excluding diaryl/α,β-unsaturated/α-hetero) is 1. The fraction of sp³-hybridized carbons (Fsp3) is 0.667. The van der Waals surface area contributed by atoms with Crippen LogP contribution in [0.2, 0.25) is 0 Å². The minimum absolute atomic E-state index is 0.173. The maximum atomic E-state index is 12.1. The summed E-state index contributed by atoms with van der Waals surface area (Å²) >= 11 is 0. The van der Waals surface area contributed by atoms with E-state index >= 15 is 0 Å². The summed E-state index contributed by atoms with van der Waals surface area (Å²) in [6.45, 7) is 9.95. The van der Waals surface area contributed by atoms with Gasteiger partial charge in [-0.25, -0.2) is 0 Å². The second kappa shape index (κ2) is 4.09. The molecule has 2 fully saturated rings. The second-order valence-electron chi connectivity index (χ2n) is 6.05. The zero-order chi connectivity index (χ0) is 12.8. The SMILES string of the molecule is C=C1CC(=O)C(=C(C)C)CC2C1CCC2(C)O. The minimum atomic E-state index is -0.640. The molecule has 0 aliphatic heterocycles. The molecule has 0 radical (unpaired) electrons. The van der Waals surface area contributed by atoms with E-state index < -0.39 is 5.60 Å². The number of rotatable bonds is 0. The topological polar surface area (TPSA) is 37.3 Å². The highest BCUT2D eigenvalue weighted by molar-refractivity contribution is 5.98. The molecule has 2 rings (SSSR count). The van der Waals surface area contributed by atoms with Crippen molar-refractivity contribution >= 4 is 5.78 Å². The molecule has 2 heteroatoms. The molecule has 17 heavy (non-hydrogen) atoms. The average Bonchev–Trinajstić information content (AvgIpc) is 2.41. The third-order valence-corrected chi connectivity index (χ3v) is 4.52. The molecular weight excluding hydrogens is 212 g/mol. The van der Waals surface area contributed by atoms with Crippen LogP contribution in [0, 0.1) is 11.8 Å². The third kappa shape index (κ3) is 2.11. The van der Waals surface area contributed by atoms with E-state index in [1.54, 1.807) is 0 Å². The molecular formula is C15H22O2. The van der Waals surface area contributed by atoms with Gasteiger partial charge >= 0.3 is 0 Å². The van der Waals surface area contributed by atoms with Crippen molar-refractivity contribution in [3.05, 3.63) is 23.3 Å². The number of carbonyl (C=O) groups excluding carboxylic acids is 1. The standard InChI is InChI=1S/C15H22O2/c1-9(2)12-8-13-11(5-6-15(13,4)17)10(3)7-14(12)16/h11,13,17H,3,5-8H2,1-2,4H3. The Hall–Kier alpha value is -0.890. The zero-order valence-corrected chi connectivity index (χ0v) is 11.0. The first-order valence-electron chi connectivity index (χ1n) is 6.42. The summed E-state index contributed by atoms with van der Waals surface area (Å²) in [6, 6.07) is 0. The Morgan fingerprint density at radius 2 is 2.12 bits per heavy atom. The summed E-state index contributed by atoms with van der Waals surface area (Å²) in [5.41, 5.74) is 2.39. The largest absolute Gasteiger partial charge is 0.390 e. The van der Waals surface area contributed by atoms with Gasteiger partial charge in [0.15, 0.2) is 5.78 Å². The van der Waals surface area contributed by atoms with E-state index in [1.807, 2.05) is 20.8 Å². The quantitative estimate of drug-likeness (QED) is 0.517. The lowest BCUT2D eigenvalue weighted by atomic mass is 9.81. The number of allylic oxidation sites excluding steroid dienone is 3. The Kier molecular flexibility index (Phi) is 3.03. The monoisotopic (exact) mass is 234 g/mol. The highest BCUT2D eigenvalue weighted by atomic mass is 16.3. The highest BCUT2D eigenvalue weighted by Gasteiger charge is 2.47. The predicted molar refractivity (Wildman–Crippen MR) is 68.6 cm³/mol. The summed E-state index contributed by atoms with van der Waals surface area (Å²) < 4.78 is 0. The van der Waals surface area contributed by atoms with Gasteiger partial charge in [-0.15, -0.1) is 0 Å². The summed E-state index contributed by atoms with van der Waals surface area (Å²) in [4.78, 5) is 12.1. The first kappa shape index (κ1) is 12.6. The Labute approximate surface area is 103 Å². The van der Waals surface area contributed by atoms with Crippen molar-refractivity contribution in [1.29, 1.82) is 0 Å². The molecule has 94 valence electrons. The van der Waals surface area contributed by atoms with Gasteiger partial charge in [0.1, 0.15) is 0 Å². The number of fused-ring (bicyclic) bond motifs is 1. The van der Waals surface area contributed by atoms with Crippen LogP contribution in [0.3, 0.4) is 0 Å². The van der Waals surface area contributed by atoms with Crippen LogP contribution in [0.1, 0.15) is 46.5 Å². The highest BCUT2D eigenvalue weighted by Crippen LogP contribution is 2.49. The van der Waals surface area contributed by atoms with Crippen LogP contribution < -0.4 is 0 Å². The first-order valence-corrected chi connectivity index (χ1v) is 6.42. The molecule has 0 aromatic carbocycles. The van der Waals surface area contributed by atoms with Gasteiger partial charge in [0.2, 0.25) is 0 Å². The van der Waals surface area contributed by atoms with Gasteiger partial charge in [-0.05, 0) is 57.4 Å². The van der Waals surface area contributed by atoms with Crippen LogP contribution in [-0.2, 0) is 4.79 Å². The van der Waals surface area contributed by atoms with E-state index in [-0.39, 0.29) is 11.7 Å². The molecule has 0 amide bonds. The molecule has 1 N–H and O–H groups in total. The van der Waals surface area contributed by atoms with Crippen LogP contribution in [-0.4, -0.2) is 16.5 Å². The van der Waals surface area contributed by atoms with Gasteiger partial charge in [-0.2, -0.15) is 0 Å². The predicted octanol–water partition coefficient (Wildman–Crippen LogP) is 3.02. The second-order valence-corrected chi connectivity index (χ2v) is 6.05. The molecule has 0 spiro atoms. The minimum Gasteiger partial charge on any atom is -0.390 e. The van der Waals surface area contributed by atoms with Crippen LogP contribution in [0.25, 0.3) is 0 Å². The van der Waals surface area contributed by atoms with Crippen molar-refractivity contribution in [3.8, 4) is 0 Å². The Bertz CT molecular complexity index is 397. The molecule has 3 unspecified atom stereocenters. The van der Waals surface area contributed by atoms with Crippen molar-refractivity contribution in [2.45, 2.75) is 52.1 Å². The van der Waals surface area contributed by atoms with Gasteiger partial charge in [0, 0.05) is 6.42 Å². The van der Waals surface area contributed by atoms with Crippen molar-refractivity contribution < 1.29 is 9.90 Å². The molecule has 0 saturated heterocycles. The van der Waals surface area contributed by atoms with Gasteiger partial charge < -0.3 is 5.11 Å². The maximum Gasteiger partial charge on any atom is 0.162 e. The first-order chi connectivity index (χ1) is 7.83. The van der Waals surface area contributed by atoms with Crippen LogP contribution in [0.4, 0.5) is 0 Å². The lowest BCUT2D eigenvalue weighted by Crippen LogP contribution is -2.32. The van der Waals surface area contributed by atoms with E-state index in [4.69, 9.17) is 0 Å². The van der Waals surface area contributed by atoms with Crippen molar-refractivity contribution in [3.63, 3.8) is 0 Å². The summed E-state index contributed by atoms with van der Waals surface area (Å²) in [5, 5.41) is 10.4. The number of hydrogen-bond acceptors (Lipinski definition) is 2. The Morgan fingerprint density at radius 1 is 1.47 bits per heavy atom. The lowest BCUT2D eigenvalue weighted by molar-refractivity contribution is -0.115. The molecule has 2 saturated carbocycles.